The number of ether oxygens (including phenoxy) is 3. The molecule has 2 saturated heterocycles. The first kappa shape index (κ1) is 23.8. The Morgan fingerprint density at radius 1 is 1.00 bits per heavy atom. The molecule has 2 fully saturated rings. The van der Waals surface area contributed by atoms with Gasteiger partial charge in [0.15, 0.2) is 12.6 Å². The molecule has 0 aromatic carbocycles. The lowest BCUT2D eigenvalue weighted by Crippen LogP contribution is -2.72. The summed E-state index contributed by atoms with van der Waals surface area (Å²) in [7, 11) is 0. The Balaban J connectivity index is 2.31. The van der Waals surface area contributed by atoms with Gasteiger partial charge in [0.2, 0.25) is 5.60 Å². The third-order valence-corrected chi connectivity index (χ3v) is 4.74. The third-order valence-electron chi connectivity index (χ3n) is 4.74. The molecule has 2 rings (SSSR count). The molecule has 0 bridgehead atoms. The highest BCUT2D eigenvalue weighted by Crippen LogP contribution is 2.33. The minimum absolute atomic E-state index is 0.827. The van der Waals surface area contributed by atoms with Crippen LogP contribution in [-0.4, -0.2) is 127 Å². The zero-order valence-corrected chi connectivity index (χ0v) is 14.8. The van der Waals surface area contributed by atoms with E-state index in [4.69, 9.17) is 19.9 Å². The SMILES string of the molecule is NC(=O)NC(=O)[C@]1(CO)O[C@@H](O[C@H]2[C@H](O)[C@@H](O)[C@@H](O)O[C@@H]2CO)[C@H](O)[C@@H](O)[C@H]1O. The van der Waals surface area contributed by atoms with Crippen molar-refractivity contribution in [3.05, 3.63) is 0 Å². The molecule has 0 aromatic rings. The van der Waals surface area contributed by atoms with E-state index in [0.717, 1.165) is 0 Å². The molecule has 2 aliphatic heterocycles. The molecule has 0 aromatic heterocycles. The van der Waals surface area contributed by atoms with Gasteiger partial charge in [-0.2, -0.15) is 0 Å². The fourth-order valence-corrected chi connectivity index (χ4v) is 3.08. The number of aliphatic hydroxyl groups is 8. The Labute approximate surface area is 162 Å². The first-order chi connectivity index (χ1) is 13.5. The second-order valence-corrected chi connectivity index (χ2v) is 6.61. The van der Waals surface area contributed by atoms with Gasteiger partial charge < -0.3 is 60.8 Å². The minimum Gasteiger partial charge on any atom is -0.394 e. The summed E-state index contributed by atoms with van der Waals surface area (Å²) in [6, 6.07) is -1.37. The molecule has 0 saturated carbocycles. The number of urea groups is 1. The molecule has 29 heavy (non-hydrogen) atoms. The Bertz CT molecular complexity index is 606. The monoisotopic (exact) mass is 428 g/mol. The quantitative estimate of drug-likeness (QED) is 0.195. The van der Waals surface area contributed by atoms with Gasteiger partial charge in [-0.05, 0) is 0 Å². The molecule has 2 aliphatic rings. The minimum atomic E-state index is -2.72. The Morgan fingerprint density at radius 3 is 2.14 bits per heavy atom. The number of carbonyl (C=O) groups is 2. The predicted molar refractivity (Wildman–Crippen MR) is 85.3 cm³/mol. The average Bonchev–Trinajstić information content (AvgIpc) is 2.67. The Kier molecular flexibility index (Phi) is 7.47. The van der Waals surface area contributed by atoms with Crippen LogP contribution in [0.25, 0.3) is 0 Å². The van der Waals surface area contributed by atoms with Gasteiger partial charge in [-0.3, -0.25) is 10.1 Å². The van der Waals surface area contributed by atoms with E-state index in [-0.39, 0.29) is 0 Å². The number of carbonyl (C=O) groups excluding carboxylic acids is 2. The van der Waals surface area contributed by atoms with Crippen molar-refractivity contribution in [1.82, 2.24) is 5.32 Å². The number of nitrogens with one attached hydrogen (secondary N) is 1. The van der Waals surface area contributed by atoms with Crippen LogP contribution >= 0.6 is 0 Å². The number of primary amides is 1. The van der Waals surface area contributed by atoms with Crippen LogP contribution in [0.5, 0.6) is 0 Å². The average molecular weight is 428 g/mol. The molecule has 15 nitrogen and oxygen atoms in total. The van der Waals surface area contributed by atoms with E-state index in [0.29, 0.717) is 0 Å². The van der Waals surface area contributed by atoms with Crippen molar-refractivity contribution in [2.45, 2.75) is 60.9 Å². The fraction of sp³-hybridized carbons (Fsp3) is 0.857. The van der Waals surface area contributed by atoms with Crippen molar-refractivity contribution in [3.8, 4) is 0 Å². The van der Waals surface area contributed by atoms with Crippen LogP contribution in [0, 0.1) is 0 Å². The van der Waals surface area contributed by atoms with Crippen LogP contribution in [0.3, 0.4) is 0 Å². The Hall–Kier alpha value is -1.50. The highest BCUT2D eigenvalue weighted by Gasteiger charge is 2.59. The van der Waals surface area contributed by atoms with E-state index in [2.05, 4.69) is 0 Å². The van der Waals surface area contributed by atoms with Gasteiger partial charge >= 0.3 is 6.03 Å². The number of amides is 3. The highest BCUT2D eigenvalue weighted by molar-refractivity contribution is 5.98. The van der Waals surface area contributed by atoms with Crippen molar-refractivity contribution < 1.29 is 64.7 Å². The fourth-order valence-electron chi connectivity index (χ4n) is 3.08. The standard InChI is InChI=1S/C14H24N2O13/c15-13(26)16-12(25)14(2-18)9(23)5(20)7(22)11(29-14)28-8-3(1-17)27-10(24)6(21)4(8)19/h3-11,17-24H,1-2H2,(H3,15,16,25,26)/t3-,4-,5-,6-,7-,8-,9-,10+,11-,14-/m1/s1. The van der Waals surface area contributed by atoms with Gasteiger partial charge in [-0.1, -0.05) is 0 Å². The molecule has 0 spiro atoms. The first-order valence-corrected chi connectivity index (χ1v) is 8.40. The summed E-state index contributed by atoms with van der Waals surface area (Å²) in [5, 5.41) is 80.2. The molecule has 10 atom stereocenters. The number of rotatable bonds is 5. The molecule has 2 heterocycles. The lowest BCUT2D eigenvalue weighted by molar-refractivity contribution is -0.368. The first-order valence-electron chi connectivity index (χ1n) is 8.40. The lowest BCUT2D eigenvalue weighted by Gasteiger charge is -2.48. The second kappa shape index (κ2) is 9.11. The second-order valence-electron chi connectivity index (χ2n) is 6.61. The highest BCUT2D eigenvalue weighted by atomic mass is 16.7. The molecule has 11 N–H and O–H groups in total. The number of imide groups is 1. The van der Waals surface area contributed by atoms with Gasteiger partial charge in [0, 0.05) is 0 Å². The normalized spacial score (nSPS) is 45.6. The lowest BCUT2D eigenvalue weighted by atomic mass is 9.86. The van der Waals surface area contributed by atoms with Crippen molar-refractivity contribution >= 4 is 11.9 Å². The van der Waals surface area contributed by atoms with Crippen LogP contribution in [0.1, 0.15) is 0 Å². The van der Waals surface area contributed by atoms with Crippen molar-refractivity contribution in [2.24, 2.45) is 5.73 Å². The number of aliphatic hydroxyl groups excluding tert-OH is 8. The van der Waals surface area contributed by atoms with Crippen LogP contribution in [-0.2, 0) is 19.0 Å². The third kappa shape index (κ3) is 4.35. The van der Waals surface area contributed by atoms with Crippen LogP contribution in [0.15, 0.2) is 0 Å². The molecule has 0 radical (unpaired) electrons. The van der Waals surface area contributed by atoms with Gasteiger partial charge in [0.25, 0.3) is 5.91 Å². The van der Waals surface area contributed by atoms with Crippen molar-refractivity contribution in [3.63, 3.8) is 0 Å². The van der Waals surface area contributed by atoms with Gasteiger partial charge in [0.1, 0.15) is 42.7 Å². The summed E-state index contributed by atoms with van der Waals surface area (Å²) in [5.74, 6) is -1.46. The number of nitrogens with two attached hydrogens (primary N) is 1. The van der Waals surface area contributed by atoms with E-state index in [9.17, 15) is 50.4 Å². The summed E-state index contributed by atoms with van der Waals surface area (Å²) >= 11 is 0. The summed E-state index contributed by atoms with van der Waals surface area (Å²) < 4.78 is 15.3. The summed E-state index contributed by atoms with van der Waals surface area (Å²) in [6.07, 6.45) is -17.2. The van der Waals surface area contributed by atoms with Crippen LogP contribution in [0.4, 0.5) is 4.79 Å². The number of hydrogen-bond donors (Lipinski definition) is 10. The summed E-state index contributed by atoms with van der Waals surface area (Å²) in [6.45, 7) is -2.13. The maximum absolute atomic E-state index is 12.2. The zero-order valence-electron chi connectivity index (χ0n) is 14.8. The largest absolute Gasteiger partial charge is 0.394 e. The molecule has 168 valence electrons. The smallest absolute Gasteiger partial charge is 0.318 e. The van der Waals surface area contributed by atoms with E-state index in [1.165, 1.54) is 0 Å². The van der Waals surface area contributed by atoms with Gasteiger partial charge in [-0.25, -0.2) is 4.79 Å². The van der Waals surface area contributed by atoms with E-state index in [1.54, 1.807) is 5.32 Å². The maximum atomic E-state index is 12.2. The summed E-state index contributed by atoms with van der Waals surface area (Å²) in [5.41, 5.74) is 2.11. The van der Waals surface area contributed by atoms with E-state index in [1.807, 2.05) is 0 Å². The van der Waals surface area contributed by atoms with Crippen LogP contribution in [0.2, 0.25) is 0 Å². The molecule has 0 unspecified atom stereocenters. The van der Waals surface area contributed by atoms with E-state index >= 15 is 0 Å². The molecule has 0 aliphatic carbocycles. The van der Waals surface area contributed by atoms with Crippen LogP contribution < -0.4 is 11.1 Å². The molecule has 3 amide bonds. The number of hydrogen-bond acceptors (Lipinski definition) is 13. The van der Waals surface area contributed by atoms with Crippen molar-refractivity contribution in [1.29, 1.82) is 0 Å². The molecular weight excluding hydrogens is 404 g/mol. The van der Waals surface area contributed by atoms with Crippen molar-refractivity contribution in [2.75, 3.05) is 13.2 Å². The zero-order chi connectivity index (χ0) is 22.1. The summed E-state index contributed by atoms with van der Waals surface area (Å²) in [4.78, 5) is 23.2. The topological polar surface area (TPSA) is 262 Å². The maximum Gasteiger partial charge on any atom is 0.318 e. The predicted octanol–water partition coefficient (Wildman–Crippen LogP) is -6.83. The Morgan fingerprint density at radius 2 is 1.62 bits per heavy atom. The molecule has 15 heteroatoms. The van der Waals surface area contributed by atoms with Gasteiger partial charge in [-0.15, -0.1) is 0 Å². The van der Waals surface area contributed by atoms with Gasteiger partial charge in [0.05, 0.1) is 13.2 Å². The van der Waals surface area contributed by atoms with E-state index < -0.39 is 86.1 Å². The molecular formula is C14H24N2O13.